The second-order valence-corrected chi connectivity index (χ2v) is 2.93. The molecule has 0 atom stereocenters. The number of ether oxygens (including phenoxy) is 2. The smallest absolute Gasteiger partial charge is 0.387 e. The van der Waals surface area contributed by atoms with Crippen LogP contribution in [0.5, 0.6) is 11.5 Å². The molecule has 0 saturated carbocycles. The topological polar surface area (TPSA) is 47.6 Å². The summed E-state index contributed by atoms with van der Waals surface area (Å²) in [7, 11) is 1.34. The molecule has 0 fully saturated rings. The van der Waals surface area contributed by atoms with Gasteiger partial charge in [-0.3, -0.25) is 4.79 Å². The third kappa shape index (κ3) is 3.38. The summed E-state index contributed by atoms with van der Waals surface area (Å²) < 4.78 is 33.2. The number of anilines is 1. The number of hydrogen-bond donors (Lipinski definition) is 1. The van der Waals surface area contributed by atoms with E-state index in [9.17, 15) is 13.6 Å². The van der Waals surface area contributed by atoms with Gasteiger partial charge in [-0.25, -0.2) is 0 Å². The van der Waals surface area contributed by atoms with Crippen LogP contribution in [0.1, 0.15) is 6.92 Å². The Balaban J connectivity index is 2.96. The van der Waals surface area contributed by atoms with Gasteiger partial charge in [-0.15, -0.1) is 0 Å². The molecule has 1 aromatic carbocycles. The molecule has 16 heavy (non-hydrogen) atoms. The third-order valence-electron chi connectivity index (χ3n) is 1.70. The number of nitrogens with one attached hydrogen (secondary N) is 1. The molecule has 0 unspecified atom stereocenters. The lowest BCUT2D eigenvalue weighted by atomic mass is 10.2. The largest absolute Gasteiger partial charge is 0.493 e. The van der Waals surface area contributed by atoms with Gasteiger partial charge < -0.3 is 14.8 Å². The number of benzene rings is 1. The molecule has 1 aromatic rings. The second-order valence-electron chi connectivity index (χ2n) is 2.93. The summed E-state index contributed by atoms with van der Waals surface area (Å²) in [5.41, 5.74) is 0.365. The van der Waals surface area contributed by atoms with Crippen molar-refractivity contribution in [2.75, 3.05) is 12.4 Å². The fourth-order valence-corrected chi connectivity index (χ4v) is 1.15. The maximum atomic E-state index is 12.1. The van der Waals surface area contributed by atoms with Gasteiger partial charge in [-0.2, -0.15) is 8.78 Å². The Labute approximate surface area is 91.2 Å². The summed E-state index contributed by atoms with van der Waals surface area (Å²) in [6.45, 7) is -1.63. The molecule has 0 saturated heterocycles. The quantitative estimate of drug-likeness (QED) is 0.864. The predicted octanol–water partition coefficient (Wildman–Crippen LogP) is 2.25. The molecule has 4 nitrogen and oxygen atoms in total. The summed E-state index contributed by atoms with van der Waals surface area (Å²) in [4.78, 5) is 10.8. The van der Waals surface area contributed by atoms with Crippen molar-refractivity contribution in [2.45, 2.75) is 13.5 Å². The maximum Gasteiger partial charge on any atom is 0.387 e. The molecule has 0 bridgehead atoms. The first-order valence-corrected chi connectivity index (χ1v) is 4.43. The standard InChI is InChI=1S/C10H11F2NO3/c1-6(14)13-7-3-4-8(15-2)9(5-7)16-10(11)12/h3-5,10H,1-2H3,(H,13,14). The SMILES string of the molecule is COc1ccc(NC(C)=O)cc1OC(F)F. The first-order valence-electron chi connectivity index (χ1n) is 4.43. The van der Waals surface area contributed by atoms with E-state index in [-0.39, 0.29) is 17.4 Å². The Hall–Kier alpha value is -1.85. The summed E-state index contributed by atoms with van der Waals surface area (Å²) in [5.74, 6) is -0.244. The van der Waals surface area contributed by atoms with Crippen molar-refractivity contribution in [2.24, 2.45) is 0 Å². The number of halogens is 2. The molecule has 0 aromatic heterocycles. The monoisotopic (exact) mass is 231 g/mol. The van der Waals surface area contributed by atoms with Gasteiger partial charge in [0.25, 0.3) is 0 Å². The van der Waals surface area contributed by atoms with Crippen molar-refractivity contribution in [1.29, 1.82) is 0 Å². The van der Waals surface area contributed by atoms with E-state index in [2.05, 4.69) is 10.1 Å². The zero-order chi connectivity index (χ0) is 12.1. The van der Waals surface area contributed by atoms with Gasteiger partial charge in [0.05, 0.1) is 7.11 Å². The number of amides is 1. The van der Waals surface area contributed by atoms with Crippen molar-refractivity contribution in [3.05, 3.63) is 18.2 Å². The molecule has 0 spiro atoms. The number of hydrogen-bond acceptors (Lipinski definition) is 3. The van der Waals surface area contributed by atoms with Crippen molar-refractivity contribution in [3.8, 4) is 11.5 Å². The summed E-state index contributed by atoms with van der Waals surface area (Å²) in [6.07, 6.45) is 0. The summed E-state index contributed by atoms with van der Waals surface area (Å²) >= 11 is 0. The van der Waals surface area contributed by atoms with Crippen LogP contribution in [-0.4, -0.2) is 19.6 Å². The van der Waals surface area contributed by atoms with Gasteiger partial charge in [-0.05, 0) is 12.1 Å². The first kappa shape index (κ1) is 12.2. The molecule has 6 heteroatoms. The van der Waals surface area contributed by atoms with Crippen LogP contribution < -0.4 is 14.8 Å². The van der Waals surface area contributed by atoms with Crippen LogP contribution in [0.3, 0.4) is 0 Å². The van der Waals surface area contributed by atoms with Crippen molar-refractivity contribution >= 4 is 11.6 Å². The van der Waals surface area contributed by atoms with Gasteiger partial charge in [0.2, 0.25) is 5.91 Å². The van der Waals surface area contributed by atoms with Crippen LogP contribution in [0, 0.1) is 0 Å². The molecular formula is C10H11F2NO3. The van der Waals surface area contributed by atoms with E-state index in [1.54, 1.807) is 0 Å². The average molecular weight is 231 g/mol. The second kappa shape index (κ2) is 5.29. The van der Waals surface area contributed by atoms with Gasteiger partial charge in [-0.1, -0.05) is 0 Å². The van der Waals surface area contributed by atoms with E-state index in [4.69, 9.17) is 4.74 Å². The lowest BCUT2D eigenvalue weighted by molar-refractivity contribution is -0.114. The zero-order valence-corrected chi connectivity index (χ0v) is 8.79. The molecule has 0 aliphatic heterocycles. The lowest BCUT2D eigenvalue weighted by Gasteiger charge is -2.11. The Morgan fingerprint density at radius 2 is 2.06 bits per heavy atom. The molecule has 1 rings (SSSR count). The van der Waals surface area contributed by atoms with Gasteiger partial charge in [0.15, 0.2) is 11.5 Å². The van der Waals surface area contributed by atoms with Crippen LogP contribution in [0.25, 0.3) is 0 Å². The molecular weight excluding hydrogens is 220 g/mol. The van der Waals surface area contributed by atoms with Crippen molar-refractivity contribution in [3.63, 3.8) is 0 Å². The number of carbonyl (C=O) groups excluding carboxylic acids is 1. The number of methoxy groups -OCH3 is 1. The number of rotatable bonds is 4. The molecule has 1 amide bonds. The van der Waals surface area contributed by atoms with Gasteiger partial charge >= 0.3 is 6.61 Å². The van der Waals surface area contributed by atoms with Crippen molar-refractivity contribution < 1.29 is 23.0 Å². The fraction of sp³-hybridized carbons (Fsp3) is 0.300. The third-order valence-corrected chi connectivity index (χ3v) is 1.70. The minimum absolute atomic E-state index is 0.122. The van der Waals surface area contributed by atoms with Crippen LogP contribution in [-0.2, 0) is 4.79 Å². The van der Waals surface area contributed by atoms with Crippen LogP contribution in [0.2, 0.25) is 0 Å². The Kier molecular flexibility index (Phi) is 4.04. The normalized spacial score (nSPS) is 10.1. The van der Waals surface area contributed by atoms with Crippen LogP contribution >= 0.6 is 0 Å². The lowest BCUT2D eigenvalue weighted by Crippen LogP contribution is -2.07. The van der Waals surface area contributed by atoms with E-state index in [0.717, 1.165) is 0 Å². The highest BCUT2D eigenvalue weighted by molar-refractivity contribution is 5.89. The van der Waals surface area contributed by atoms with Crippen LogP contribution in [0.4, 0.5) is 14.5 Å². The molecule has 0 aliphatic carbocycles. The van der Waals surface area contributed by atoms with E-state index < -0.39 is 6.61 Å². The zero-order valence-electron chi connectivity index (χ0n) is 8.79. The molecule has 0 aliphatic rings. The van der Waals surface area contributed by atoms with Gasteiger partial charge in [0, 0.05) is 18.7 Å². The van der Waals surface area contributed by atoms with E-state index in [1.165, 1.54) is 32.2 Å². The molecule has 88 valence electrons. The first-order chi connectivity index (χ1) is 7.52. The highest BCUT2D eigenvalue weighted by atomic mass is 19.3. The minimum Gasteiger partial charge on any atom is -0.493 e. The highest BCUT2D eigenvalue weighted by Gasteiger charge is 2.11. The van der Waals surface area contributed by atoms with Gasteiger partial charge in [0.1, 0.15) is 0 Å². The summed E-state index contributed by atoms with van der Waals surface area (Å²) in [5, 5.41) is 2.45. The molecule has 1 N–H and O–H groups in total. The van der Waals surface area contributed by atoms with E-state index in [1.807, 2.05) is 0 Å². The Morgan fingerprint density at radius 3 is 2.56 bits per heavy atom. The predicted molar refractivity (Wildman–Crippen MR) is 53.9 cm³/mol. The minimum atomic E-state index is -2.94. The Bertz CT molecular complexity index is 382. The van der Waals surface area contributed by atoms with Crippen molar-refractivity contribution in [1.82, 2.24) is 0 Å². The molecule has 0 heterocycles. The number of alkyl halides is 2. The maximum absolute atomic E-state index is 12.1. The number of carbonyl (C=O) groups is 1. The average Bonchev–Trinajstić information content (AvgIpc) is 2.16. The van der Waals surface area contributed by atoms with Crippen LogP contribution in [0.15, 0.2) is 18.2 Å². The fourth-order valence-electron chi connectivity index (χ4n) is 1.15. The van der Waals surface area contributed by atoms with E-state index in [0.29, 0.717) is 5.69 Å². The molecule has 0 radical (unpaired) electrons. The summed E-state index contributed by atoms with van der Waals surface area (Å²) in [6, 6.07) is 4.23. The highest BCUT2D eigenvalue weighted by Crippen LogP contribution is 2.31. The van der Waals surface area contributed by atoms with E-state index >= 15 is 0 Å². The Morgan fingerprint density at radius 1 is 1.38 bits per heavy atom.